The van der Waals surface area contributed by atoms with Crippen LogP contribution in [0.1, 0.15) is 39.7 Å². The summed E-state index contributed by atoms with van der Waals surface area (Å²) in [6.07, 6.45) is 1.10. The molecule has 168 valence electrons. The molecule has 1 aliphatic heterocycles. The second-order valence-electron chi connectivity index (χ2n) is 8.96. The molecule has 2 unspecified atom stereocenters. The summed E-state index contributed by atoms with van der Waals surface area (Å²) in [5.74, 6) is 0.913. The number of nitrogens with one attached hydrogen (secondary N) is 1. The van der Waals surface area contributed by atoms with Gasteiger partial charge in [-0.05, 0) is 72.4 Å². The number of benzene rings is 3. The number of H-pyrrole nitrogens is 1. The maximum absolute atomic E-state index is 13.7. The summed E-state index contributed by atoms with van der Waals surface area (Å²) in [5, 5.41) is 9.86. The number of carbonyl (C=O) groups is 1. The molecule has 1 aliphatic rings. The number of phenolic OH excluding ortho intramolecular Hbond substituents is 1. The molecule has 4 aromatic rings. The lowest BCUT2D eigenvalue weighted by Crippen LogP contribution is -2.48. The molecule has 0 fully saturated rings. The Morgan fingerprint density at radius 1 is 1.12 bits per heavy atom. The van der Waals surface area contributed by atoms with Gasteiger partial charge < -0.3 is 20.7 Å². The number of carbonyl (C=O) groups excluding carboxylic acids is 1. The van der Waals surface area contributed by atoms with Crippen LogP contribution < -0.4 is 5.73 Å². The Bertz CT molecular complexity index is 1290. The number of nitrogens with zero attached hydrogens (tertiary/aromatic N) is 2. The highest BCUT2D eigenvalue weighted by molar-refractivity contribution is 5.83. The fourth-order valence-corrected chi connectivity index (χ4v) is 4.94. The van der Waals surface area contributed by atoms with E-state index < -0.39 is 6.04 Å². The van der Waals surface area contributed by atoms with Crippen molar-refractivity contribution in [2.45, 2.75) is 45.3 Å². The number of phenols is 1. The maximum atomic E-state index is 13.7. The normalized spacial score (nSPS) is 16.6. The van der Waals surface area contributed by atoms with Crippen LogP contribution >= 0.6 is 0 Å². The molecule has 0 bridgehead atoms. The summed E-state index contributed by atoms with van der Waals surface area (Å²) in [6.45, 7) is 4.37. The highest BCUT2D eigenvalue weighted by Gasteiger charge is 2.35. The number of rotatable bonds is 4. The monoisotopic (exact) mass is 440 g/mol. The molecule has 3 aromatic carbocycles. The summed E-state index contributed by atoms with van der Waals surface area (Å²) in [5.41, 5.74) is 13.6. The second-order valence-corrected chi connectivity index (χ2v) is 8.96. The first-order chi connectivity index (χ1) is 15.9. The number of hydrogen-bond acceptors (Lipinski definition) is 4. The molecular weight excluding hydrogens is 412 g/mol. The standard InChI is InChI=1S/C27H28N4O2/c1-16-11-20(32)12-17(2)21(16)14-22(28)27(33)31-15-19-8-4-3-7-18(19)13-25(31)26-29-23-9-5-6-10-24(23)30-26/h3-12,22,25,32H,13-15,28H2,1-2H3,(H,29,30). The molecule has 0 saturated carbocycles. The van der Waals surface area contributed by atoms with E-state index in [0.717, 1.165) is 39.1 Å². The van der Waals surface area contributed by atoms with E-state index in [0.29, 0.717) is 19.4 Å². The molecule has 1 amide bonds. The van der Waals surface area contributed by atoms with Gasteiger partial charge in [-0.15, -0.1) is 0 Å². The van der Waals surface area contributed by atoms with Gasteiger partial charge >= 0.3 is 0 Å². The third kappa shape index (κ3) is 3.98. The van der Waals surface area contributed by atoms with Crippen LogP contribution in [0.25, 0.3) is 11.0 Å². The Labute approximate surface area is 193 Å². The van der Waals surface area contributed by atoms with Crippen LogP contribution in [-0.2, 0) is 24.2 Å². The largest absolute Gasteiger partial charge is 0.508 e. The number of hydrogen-bond donors (Lipinski definition) is 3. The number of amides is 1. The van der Waals surface area contributed by atoms with Gasteiger partial charge in [-0.3, -0.25) is 4.79 Å². The van der Waals surface area contributed by atoms with Crippen molar-refractivity contribution >= 4 is 16.9 Å². The Morgan fingerprint density at radius 2 is 1.79 bits per heavy atom. The summed E-state index contributed by atoms with van der Waals surface area (Å²) < 4.78 is 0. The second kappa shape index (κ2) is 8.37. The number of aromatic nitrogens is 2. The van der Waals surface area contributed by atoms with Gasteiger partial charge in [0.15, 0.2) is 0 Å². The van der Waals surface area contributed by atoms with E-state index in [-0.39, 0.29) is 17.7 Å². The van der Waals surface area contributed by atoms with E-state index >= 15 is 0 Å². The van der Waals surface area contributed by atoms with Crippen molar-refractivity contribution in [1.82, 2.24) is 14.9 Å². The van der Waals surface area contributed by atoms with Crippen molar-refractivity contribution in [3.8, 4) is 5.75 Å². The average molecular weight is 441 g/mol. The number of para-hydroxylation sites is 2. The fourth-order valence-electron chi connectivity index (χ4n) is 4.94. The third-order valence-electron chi connectivity index (χ3n) is 6.68. The van der Waals surface area contributed by atoms with Crippen molar-refractivity contribution in [1.29, 1.82) is 0 Å². The number of aryl methyl sites for hydroxylation is 2. The predicted octanol–water partition coefficient (Wildman–Crippen LogP) is 4.08. The van der Waals surface area contributed by atoms with Gasteiger partial charge in [0.1, 0.15) is 11.6 Å². The highest BCUT2D eigenvalue weighted by atomic mass is 16.3. The molecule has 6 heteroatoms. The minimum absolute atomic E-state index is 0.0955. The van der Waals surface area contributed by atoms with Gasteiger partial charge in [0.05, 0.1) is 23.1 Å². The number of imidazole rings is 1. The quantitative estimate of drug-likeness (QED) is 0.446. The van der Waals surface area contributed by atoms with Crippen molar-refractivity contribution in [3.63, 3.8) is 0 Å². The average Bonchev–Trinajstić information content (AvgIpc) is 3.24. The Kier molecular flexibility index (Phi) is 5.38. The van der Waals surface area contributed by atoms with Crippen molar-refractivity contribution in [2.75, 3.05) is 0 Å². The molecule has 33 heavy (non-hydrogen) atoms. The maximum Gasteiger partial charge on any atom is 0.240 e. The van der Waals surface area contributed by atoms with Gasteiger partial charge in [-0.25, -0.2) is 4.98 Å². The molecule has 0 spiro atoms. The molecule has 6 nitrogen and oxygen atoms in total. The lowest BCUT2D eigenvalue weighted by atomic mass is 9.91. The summed E-state index contributed by atoms with van der Waals surface area (Å²) >= 11 is 0. The molecular formula is C27H28N4O2. The summed E-state index contributed by atoms with van der Waals surface area (Å²) in [4.78, 5) is 23.8. The number of nitrogens with two attached hydrogens (primary N) is 1. The molecule has 2 atom stereocenters. The predicted molar refractivity (Wildman–Crippen MR) is 129 cm³/mol. The topological polar surface area (TPSA) is 95.2 Å². The van der Waals surface area contributed by atoms with E-state index in [1.54, 1.807) is 12.1 Å². The van der Waals surface area contributed by atoms with Crippen LogP contribution in [0.4, 0.5) is 0 Å². The number of aromatic hydroxyl groups is 1. The van der Waals surface area contributed by atoms with E-state index in [4.69, 9.17) is 10.7 Å². The van der Waals surface area contributed by atoms with Crippen LogP contribution in [0.15, 0.2) is 60.7 Å². The van der Waals surface area contributed by atoms with Crippen LogP contribution in [0.5, 0.6) is 5.75 Å². The molecule has 0 radical (unpaired) electrons. The van der Waals surface area contributed by atoms with E-state index in [9.17, 15) is 9.90 Å². The van der Waals surface area contributed by atoms with Gasteiger partial charge in [-0.1, -0.05) is 36.4 Å². The zero-order chi connectivity index (χ0) is 23.1. The van der Waals surface area contributed by atoms with Crippen molar-refractivity contribution in [3.05, 3.63) is 94.3 Å². The number of aromatic amines is 1. The van der Waals surface area contributed by atoms with Gasteiger partial charge in [0, 0.05) is 13.0 Å². The SMILES string of the molecule is Cc1cc(O)cc(C)c1CC(N)C(=O)N1Cc2ccccc2CC1c1nc2ccccc2[nH]1. The molecule has 0 aliphatic carbocycles. The molecule has 2 heterocycles. The van der Waals surface area contributed by atoms with E-state index in [2.05, 4.69) is 17.1 Å². The highest BCUT2D eigenvalue weighted by Crippen LogP contribution is 2.34. The first kappa shape index (κ1) is 21.2. The van der Waals surface area contributed by atoms with Gasteiger partial charge in [0.25, 0.3) is 0 Å². The molecule has 5 rings (SSSR count). The van der Waals surface area contributed by atoms with Crippen LogP contribution in [0, 0.1) is 13.8 Å². The fraction of sp³-hybridized carbons (Fsp3) is 0.259. The van der Waals surface area contributed by atoms with E-state index in [1.807, 2.05) is 55.1 Å². The zero-order valence-electron chi connectivity index (χ0n) is 18.9. The van der Waals surface area contributed by atoms with Crippen molar-refractivity contribution in [2.24, 2.45) is 5.73 Å². The van der Waals surface area contributed by atoms with Gasteiger partial charge in [0.2, 0.25) is 5.91 Å². The Balaban J connectivity index is 1.48. The first-order valence-electron chi connectivity index (χ1n) is 11.3. The zero-order valence-corrected chi connectivity index (χ0v) is 18.9. The number of fused-ring (bicyclic) bond motifs is 2. The Hall–Kier alpha value is -3.64. The summed E-state index contributed by atoms with van der Waals surface area (Å²) in [7, 11) is 0. The first-order valence-corrected chi connectivity index (χ1v) is 11.3. The smallest absolute Gasteiger partial charge is 0.240 e. The summed E-state index contributed by atoms with van der Waals surface area (Å²) in [6, 6.07) is 18.7. The van der Waals surface area contributed by atoms with E-state index in [1.165, 1.54) is 5.56 Å². The lowest BCUT2D eigenvalue weighted by Gasteiger charge is -2.37. The third-order valence-corrected chi connectivity index (χ3v) is 6.68. The van der Waals surface area contributed by atoms with Crippen molar-refractivity contribution < 1.29 is 9.90 Å². The minimum atomic E-state index is -0.691. The lowest BCUT2D eigenvalue weighted by molar-refractivity contribution is -0.136. The van der Waals surface area contributed by atoms with Crippen LogP contribution in [-0.4, -0.2) is 31.9 Å². The molecule has 4 N–H and O–H groups in total. The van der Waals surface area contributed by atoms with Gasteiger partial charge in [-0.2, -0.15) is 0 Å². The molecule has 0 saturated heterocycles. The van der Waals surface area contributed by atoms with Crippen LogP contribution in [0.2, 0.25) is 0 Å². The van der Waals surface area contributed by atoms with Crippen LogP contribution in [0.3, 0.4) is 0 Å². The minimum Gasteiger partial charge on any atom is -0.508 e. The Morgan fingerprint density at radius 3 is 2.52 bits per heavy atom. The molecule has 1 aromatic heterocycles.